The highest BCUT2D eigenvalue weighted by Gasteiger charge is 2.09. The van der Waals surface area contributed by atoms with E-state index in [0.29, 0.717) is 36.9 Å². The SMILES string of the molecule is CCOc1ccc(Cn2cc(NC(=O)COc3ccc4ccccc4c3)cn2)cc1OCC. The molecule has 3 aromatic carbocycles. The molecule has 0 aliphatic heterocycles. The molecule has 33 heavy (non-hydrogen) atoms. The van der Waals surface area contributed by atoms with E-state index in [1.54, 1.807) is 17.1 Å². The Kier molecular flexibility index (Phi) is 7.09. The molecule has 170 valence electrons. The zero-order valence-electron chi connectivity index (χ0n) is 18.8. The molecule has 0 unspecified atom stereocenters. The second kappa shape index (κ2) is 10.5. The summed E-state index contributed by atoms with van der Waals surface area (Å²) in [7, 11) is 0. The molecule has 0 aliphatic carbocycles. The highest BCUT2D eigenvalue weighted by Crippen LogP contribution is 2.29. The molecular weight excluding hydrogens is 418 g/mol. The van der Waals surface area contributed by atoms with Crippen LogP contribution in [0, 0.1) is 0 Å². The Labute approximate surface area is 192 Å². The minimum atomic E-state index is -0.248. The van der Waals surface area contributed by atoms with Crippen molar-refractivity contribution in [3.63, 3.8) is 0 Å². The van der Waals surface area contributed by atoms with Gasteiger partial charge in [-0.2, -0.15) is 5.10 Å². The summed E-state index contributed by atoms with van der Waals surface area (Å²) in [6, 6.07) is 19.6. The number of nitrogens with zero attached hydrogens (tertiary/aromatic N) is 2. The number of rotatable bonds is 10. The summed E-state index contributed by atoms with van der Waals surface area (Å²) in [6.45, 7) is 5.47. The lowest BCUT2D eigenvalue weighted by molar-refractivity contribution is -0.118. The predicted octanol–water partition coefficient (Wildman–Crippen LogP) is 4.90. The van der Waals surface area contributed by atoms with E-state index in [1.807, 2.05) is 74.5 Å². The molecule has 4 aromatic rings. The summed E-state index contributed by atoms with van der Waals surface area (Å²) in [6.07, 6.45) is 3.40. The first kappa shape index (κ1) is 22.2. The van der Waals surface area contributed by atoms with Crippen LogP contribution < -0.4 is 19.5 Å². The smallest absolute Gasteiger partial charge is 0.262 e. The first-order valence-corrected chi connectivity index (χ1v) is 11.0. The van der Waals surface area contributed by atoms with Gasteiger partial charge >= 0.3 is 0 Å². The molecule has 1 heterocycles. The highest BCUT2D eigenvalue weighted by molar-refractivity contribution is 5.91. The molecule has 0 atom stereocenters. The van der Waals surface area contributed by atoms with E-state index in [2.05, 4.69) is 10.4 Å². The van der Waals surface area contributed by atoms with Crippen molar-refractivity contribution in [1.82, 2.24) is 9.78 Å². The van der Waals surface area contributed by atoms with Gasteiger partial charge in [-0.3, -0.25) is 9.48 Å². The number of aromatic nitrogens is 2. The van der Waals surface area contributed by atoms with E-state index >= 15 is 0 Å². The van der Waals surface area contributed by atoms with E-state index in [9.17, 15) is 4.79 Å². The lowest BCUT2D eigenvalue weighted by Gasteiger charge is -2.12. The van der Waals surface area contributed by atoms with Gasteiger partial charge in [-0.15, -0.1) is 0 Å². The van der Waals surface area contributed by atoms with E-state index in [0.717, 1.165) is 22.1 Å². The van der Waals surface area contributed by atoms with Crippen molar-refractivity contribution in [2.45, 2.75) is 20.4 Å². The van der Waals surface area contributed by atoms with Crippen LogP contribution in [0.1, 0.15) is 19.4 Å². The average molecular weight is 446 g/mol. The third kappa shape index (κ3) is 5.83. The first-order valence-electron chi connectivity index (χ1n) is 11.0. The van der Waals surface area contributed by atoms with Crippen LogP contribution in [0.4, 0.5) is 5.69 Å². The molecule has 7 nitrogen and oxygen atoms in total. The fourth-order valence-electron chi connectivity index (χ4n) is 3.50. The number of fused-ring (bicyclic) bond motifs is 1. The Morgan fingerprint density at radius 1 is 0.909 bits per heavy atom. The molecule has 0 saturated heterocycles. The maximum Gasteiger partial charge on any atom is 0.262 e. The largest absolute Gasteiger partial charge is 0.490 e. The zero-order valence-corrected chi connectivity index (χ0v) is 18.8. The lowest BCUT2D eigenvalue weighted by Crippen LogP contribution is -2.19. The number of carbonyl (C=O) groups is 1. The maximum atomic E-state index is 12.3. The van der Waals surface area contributed by atoms with Crippen LogP contribution in [-0.4, -0.2) is 35.5 Å². The van der Waals surface area contributed by atoms with Gasteiger partial charge in [0.2, 0.25) is 0 Å². The Bertz CT molecular complexity index is 1240. The van der Waals surface area contributed by atoms with Gasteiger partial charge in [0, 0.05) is 6.20 Å². The van der Waals surface area contributed by atoms with Crippen molar-refractivity contribution >= 4 is 22.4 Å². The fourth-order valence-corrected chi connectivity index (χ4v) is 3.50. The zero-order chi connectivity index (χ0) is 23.0. The second-order valence-electron chi connectivity index (χ2n) is 7.42. The number of hydrogen-bond donors (Lipinski definition) is 1. The van der Waals surface area contributed by atoms with Crippen molar-refractivity contribution in [2.75, 3.05) is 25.1 Å². The second-order valence-corrected chi connectivity index (χ2v) is 7.42. The van der Waals surface area contributed by atoms with Gasteiger partial charge in [0.1, 0.15) is 5.75 Å². The fraction of sp³-hybridized carbons (Fsp3) is 0.231. The Hall–Kier alpha value is -4.00. The molecule has 1 aromatic heterocycles. The monoisotopic (exact) mass is 445 g/mol. The Morgan fingerprint density at radius 2 is 1.70 bits per heavy atom. The molecule has 0 saturated carbocycles. The van der Waals surface area contributed by atoms with Crippen molar-refractivity contribution in [1.29, 1.82) is 0 Å². The van der Waals surface area contributed by atoms with Gasteiger partial charge in [0.25, 0.3) is 5.91 Å². The summed E-state index contributed by atoms with van der Waals surface area (Å²) in [4.78, 5) is 12.3. The van der Waals surface area contributed by atoms with Gasteiger partial charge in [-0.25, -0.2) is 0 Å². The molecule has 0 fully saturated rings. The van der Waals surface area contributed by atoms with Crippen LogP contribution in [0.5, 0.6) is 17.2 Å². The number of nitrogens with one attached hydrogen (secondary N) is 1. The maximum absolute atomic E-state index is 12.3. The van der Waals surface area contributed by atoms with Crippen LogP contribution in [0.25, 0.3) is 10.8 Å². The summed E-state index contributed by atoms with van der Waals surface area (Å²) in [5, 5.41) is 9.36. The van der Waals surface area contributed by atoms with Crippen LogP contribution >= 0.6 is 0 Å². The van der Waals surface area contributed by atoms with Crippen LogP contribution in [0.3, 0.4) is 0 Å². The van der Waals surface area contributed by atoms with Crippen LogP contribution in [0.2, 0.25) is 0 Å². The van der Waals surface area contributed by atoms with E-state index in [1.165, 1.54) is 0 Å². The molecule has 0 spiro atoms. The van der Waals surface area contributed by atoms with Crippen LogP contribution in [0.15, 0.2) is 73.1 Å². The molecule has 1 N–H and O–H groups in total. The molecule has 4 rings (SSSR count). The van der Waals surface area contributed by atoms with E-state index in [4.69, 9.17) is 14.2 Å². The van der Waals surface area contributed by atoms with Gasteiger partial charge in [-0.1, -0.05) is 36.4 Å². The van der Waals surface area contributed by atoms with Crippen molar-refractivity contribution < 1.29 is 19.0 Å². The molecule has 1 amide bonds. The minimum absolute atomic E-state index is 0.0832. The third-order valence-corrected chi connectivity index (χ3v) is 4.96. The molecule has 0 aliphatic rings. The van der Waals surface area contributed by atoms with Crippen molar-refractivity contribution in [2.24, 2.45) is 0 Å². The van der Waals surface area contributed by atoms with E-state index < -0.39 is 0 Å². The van der Waals surface area contributed by atoms with Crippen molar-refractivity contribution in [3.05, 3.63) is 78.6 Å². The normalized spacial score (nSPS) is 10.7. The quantitative estimate of drug-likeness (QED) is 0.376. The lowest BCUT2D eigenvalue weighted by atomic mass is 10.1. The summed E-state index contributed by atoms with van der Waals surface area (Å²) >= 11 is 0. The predicted molar refractivity (Wildman–Crippen MR) is 128 cm³/mol. The number of ether oxygens (including phenoxy) is 3. The van der Waals surface area contributed by atoms with Gasteiger partial charge < -0.3 is 19.5 Å². The van der Waals surface area contributed by atoms with Crippen LogP contribution in [-0.2, 0) is 11.3 Å². The number of carbonyl (C=O) groups excluding carboxylic acids is 1. The summed E-state index contributed by atoms with van der Waals surface area (Å²) < 4.78 is 18.7. The third-order valence-electron chi connectivity index (χ3n) is 4.96. The summed E-state index contributed by atoms with van der Waals surface area (Å²) in [5.74, 6) is 1.84. The Balaban J connectivity index is 1.33. The number of benzene rings is 3. The minimum Gasteiger partial charge on any atom is -0.490 e. The van der Waals surface area contributed by atoms with Gasteiger partial charge in [-0.05, 0) is 54.4 Å². The molecular formula is C26H27N3O4. The topological polar surface area (TPSA) is 74.6 Å². The number of hydrogen-bond acceptors (Lipinski definition) is 5. The number of anilines is 1. The number of amides is 1. The van der Waals surface area contributed by atoms with Crippen molar-refractivity contribution in [3.8, 4) is 17.2 Å². The molecule has 0 radical (unpaired) electrons. The van der Waals surface area contributed by atoms with E-state index in [-0.39, 0.29) is 12.5 Å². The van der Waals surface area contributed by atoms with Gasteiger partial charge in [0.15, 0.2) is 18.1 Å². The van der Waals surface area contributed by atoms with Gasteiger partial charge in [0.05, 0.1) is 31.6 Å². The highest BCUT2D eigenvalue weighted by atomic mass is 16.5. The first-order chi connectivity index (χ1) is 16.1. The molecule has 7 heteroatoms. The summed E-state index contributed by atoms with van der Waals surface area (Å²) in [5.41, 5.74) is 1.63. The molecule has 0 bridgehead atoms. The standard InChI is InChI=1S/C26H27N3O4/c1-3-31-24-12-9-19(13-25(24)32-4-2)16-29-17-22(15-27-29)28-26(30)18-33-23-11-10-20-7-5-6-8-21(20)14-23/h5-15,17H,3-4,16,18H2,1-2H3,(H,28,30). The Morgan fingerprint density at radius 3 is 2.52 bits per heavy atom. The average Bonchev–Trinajstić information content (AvgIpc) is 3.26.